The van der Waals surface area contributed by atoms with E-state index in [-0.39, 0.29) is 17.3 Å². The maximum Gasteiger partial charge on any atom is 0.295 e. The summed E-state index contributed by atoms with van der Waals surface area (Å²) in [5.74, 6) is 0.729. The Morgan fingerprint density at radius 2 is 2.10 bits per heavy atom. The maximum atomic E-state index is 12.2. The second-order valence-electron chi connectivity index (χ2n) is 3.87. The van der Waals surface area contributed by atoms with Crippen LogP contribution >= 0.6 is 11.6 Å². The standard InChI is InChI=1S/C12H13ClN2O4S/c1-18-11-4-2-8(13)6-10(11)15-20(16,17)12-5-3-9(7-14)19-12/h2-6,15H,7,14H2,1H3. The summed E-state index contributed by atoms with van der Waals surface area (Å²) in [6.07, 6.45) is 0. The number of rotatable bonds is 5. The van der Waals surface area contributed by atoms with Crippen LogP contribution in [-0.4, -0.2) is 15.5 Å². The van der Waals surface area contributed by atoms with Crippen molar-refractivity contribution >= 4 is 27.3 Å². The number of anilines is 1. The van der Waals surface area contributed by atoms with E-state index in [2.05, 4.69) is 4.72 Å². The molecule has 0 saturated carbocycles. The van der Waals surface area contributed by atoms with Gasteiger partial charge in [-0.1, -0.05) is 11.6 Å². The minimum Gasteiger partial charge on any atom is -0.495 e. The molecular weight excluding hydrogens is 304 g/mol. The van der Waals surface area contributed by atoms with Crippen LogP contribution in [0.5, 0.6) is 5.75 Å². The van der Waals surface area contributed by atoms with Gasteiger partial charge in [0, 0.05) is 5.02 Å². The summed E-state index contributed by atoms with van der Waals surface area (Å²) >= 11 is 5.84. The molecule has 0 fully saturated rings. The Balaban J connectivity index is 2.35. The van der Waals surface area contributed by atoms with Crippen molar-refractivity contribution in [3.05, 3.63) is 41.1 Å². The van der Waals surface area contributed by atoms with Gasteiger partial charge in [-0.2, -0.15) is 8.42 Å². The highest BCUT2D eigenvalue weighted by Crippen LogP contribution is 2.30. The number of nitrogens with two attached hydrogens (primary N) is 1. The van der Waals surface area contributed by atoms with Crippen molar-refractivity contribution in [2.24, 2.45) is 5.73 Å². The van der Waals surface area contributed by atoms with Crippen molar-refractivity contribution in [3.63, 3.8) is 0 Å². The topological polar surface area (TPSA) is 94.6 Å². The molecule has 0 aliphatic carbocycles. The van der Waals surface area contributed by atoms with Gasteiger partial charge in [-0.05, 0) is 30.3 Å². The van der Waals surface area contributed by atoms with Gasteiger partial charge in [-0.3, -0.25) is 4.72 Å². The summed E-state index contributed by atoms with van der Waals surface area (Å²) in [7, 11) is -2.43. The number of methoxy groups -OCH3 is 1. The second kappa shape index (κ2) is 5.74. The first kappa shape index (κ1) is 14.7. The Morgan fingerprint density at radius 1 is 1.35 bits per heavy atom. The van der Waals surface area contributed by atoms with Crippen molar-refractivity contribution in [1.29, 1.82) is 0 Å². The Morgan fingerprint density at radius 3 is 2.70 bits per heavy atom. The number of sulfonamides is 1. The molecule has 2 rings (SSSR count). The van der Waals surface area contributed by atoms with Crippen LogP contribution in [0.25, 0.3) is 0 Å². The minimum absolute atomic E-state index is 0.121. The zero-order valence-electron chi connectivity index (χ0n) is 10.6. The average Bonchev–Trinajstić information content (AvgIpc) is 2.88. The van der Waals surface area contributed by atoms with Crippen LogP contribution in [0.3, 0.4) is 0 Å². The van der Waals surface area contributed by atoms with Crippen LogP contribution in [0.1, 0.15) is 5.76 Å². The third kappa shape index (κ3) is 3.06. The molecule has 0 aliphatic heterocycles. The number of halogens is 1. The monoisotopic (exact) mass is 316 g/mol. The smallest absolute Gasteiger partial charge is 0.295 e. The molecule has 0 amide bonds. The summed E-state index contributed by atoms with van der Waals surface area (Å²) < 4.78 is 36.9. The van der Waals surface area contributed by atoms with Gasteiger partial charge in [-0.15, -0.1) is 0 Å². The Kier molecular flexibility index (Phi) is 4.22. The third-order valence-electron chi connectivity index (χ3n) is 2.51. The minimum atomic E-state index is -3.86. The molecular formula is C12H13ClN2O4S. The first-order valence-electron chi connectivity index (χ1n) is 5.61. The van der Waals surface area contributed by atoms with Crippen LogP contribution < -0.4 is 15.2 Å². The highest BCUT2D eigenvalue weighted by atomic mass is 35.5. The molecule has 2 aromatic rings. The van der Waals surface area contributed by atoms with E-state index in [0.717, 1.165) is 0 Å². The van der Waals surface area contributed by atoms with Crippen molar-refractivity contribution in [2.45, 2.75) is 11.6 Å². The molecule has 0 radical (unpaired) electrons. The van der Waals surface area contributed by atoms with Gasteiger partial charge in [0.05, 0.1) is 19.3 Å². The lowest BCUT2D eigenvalue weighted by Crippen LogP contribution is -2.13. The summed E-state index contributed by atoms with van der Waals surface area (Å²) in [5.41, 5.74) is 5.61. The van der Waals surface area contributed by atoms with Gasteiger partial charge in [-0.25, -0.2) is 0 Å². The fourth-order valence-corrected chi connectivity index (χ4v) is 2.75. The lowest BCUT2D eigenvalue weighted by molar-refractivity contribution is 0.414. The van der Waals surface area contributed by atoms with E-state index in [4.69, 9.17) is 26.5 Å². The number of hydrogen-bond donors (Lipinski definition) is 2. The van der Waals surface area contributed by atoms with Gasteiger partial charge in [0.2, 0.25) is 5.09 Å². The highest BCUT2D eigenvalue weighted by Gasteiger charge is 2.20. The summed E-state index contributed by atoms with van der Waals surface area (Å²) in [6.45, 7) is 0.121. The SMILES string of the molecule is COc1ccc(Cl)cc1NS(=O)(=O)c1ccc(CN)o1. The fraction of sp³-hybridized carbons (Fsp3) is 0.167. The fourth-order valence-electron chi connectivity index (χ4n) is 1.57. The third-order valence-corrected chi connectivity index (χ3v) is 3.98. The van der Waals surface area contributed by atoms with E-state index in [1.54, 1.807) is 12.1 Å². The maximum absolute atomic E-state index is 12.2. The first-order chi connectivity index (χ1) is 9.46. The zero-order valence-corrected chi connectivity index (χ0v) is 12.2. The van der Waals surface area contributed by atoms with Crippen LogP contribution in [0.4, 0.5) is 5.69 Å². The quantitative estimate of drug-likeness (QED) is 0.881. The lowest BCUT2D eigenvalue weighted by atomic mass is 10.3. The molecule has 1 heterocycles. The van der Waals surface area contributed by atoms with E-state index in [0.29, 0.717) is 16.5 Å². The van der Waals surface area contributed by atoms with Crippen molar-refractivity contribution in [2.75, 3.05) is 11.8 Å². The van der Waals surface area contributed by atoms with Gasteiger partial charge in [0.1, 0.15) is 11.5 Å². The lowest BCUT2D eigenvalue weighted by Gasteiger charge is -2.10. The van der Waals surface area contributed by atoms with Crippen LogP contribution in [-0.2, 0) is 16.6 Å². The predicted molar refractivity (Wildman–Crippen MR) is 75.4 cm³/mol. The molecule has 0 unspecified atom stereocenters. The molecule has 3 N–H and O–H groups in total. The Hall–Kier alpha value is -1.70. The average molecular weight is 317 g/mol. The van der Waals surface area contributed by atoms with Gasteiger partial charge >= 0.3 is 0 Å². The summed E-state index contributed by atoms with van der Waals surface area (Å²) in [6, 6.07) is 7.45. The predicted octanol–water partition coefficient (Wildman–Crippen LogP) is 2.20. The molecule has 108 valence electrons. The molecule has 1 aromatic carbocycles. The van der Waals surface area contributed by atoms with Gasteiger partial charge in [0.15, 0.2) is 0 Å². The molecule has 8 heteroatoms. The zero-order chi connectivity index (χ0) is 14.8. The van der Waals surface area contributed by atoms with Crippen LogP contribution in [0.15, 0.2) is 39.8 Å². The molecule has 20 heavy (non-hydrogen) atoms. The molecule has 0 aliphatic rings. The molecule has 1 aromatic heterocycles. The van der Waals surface area contributed by atoms with Crippen LogP contribution in [0, 0.1) is 0 Å². The number of furan rings is 1. The Labute approximate surface area is 121 Å². The number of hydrogen-bond acceptors (Lipinski definition) is 5. The van der Waals surface area contributed by atoms with Crippen LogP contribution in [0.2, 0.25) is 5.02 Å². The Bertz CT molecular complexity index is 712. The van der Waals surface area contributed by atoms with E-state index in [1.807, 2.05) is 0 Å². The van der Waals surface area contributed by atoms with Gasteiger partial charge < -0.3 is 14.9 Å². The second-order valence-corrected chi connectivity index (χ2v) is 5.92. The van der Waals surface area contributed by atoms with E-state index >= 15 is 0 Å². The van der Waals surface area contributed by atoms with Crippen molar-refractivity contribution in [1.82, 2.24) is 0 Å². The first-order valence-corrected chi connectivity index (χ1v) is 7.47. The number of benzene rings is 1. The molecule has 0 bridgehead atoms. The van der Waals surface area contributed by atoms with Gasteiger partial charge in [0.25, 0.3) is 10.0 Å². The summed E-state index contributed by atoms with van der Waals surface area (Å²) in [4.78, 5) is 0. The van der Waals surface area contributed by atoms with E-state index in [9.17, 15) is 8.42 Å². The van der Waals surface area contributed by atoms with E-state index < -0.39 is 10.0 Å². The van der Waals surface area contributed by atoms with E-state index in [1.165, 1.54) is 25.3 Å². The highest BCUT2D eigenvalue weighted by molar-refractivity contribution is 7.92. The normalized spacial score (nSPS) is 11.3. The van der Waals surface area contributed by atoms with Crippen molar-refractivity contribution < 1.29 is 17.6 Å². The summed E-state index contributed by atoms with van der Waals surface area (Å²) in [5, 5.41) is 0.158. The number of ether oxygens (including phenoxy) is 1. The number of nitrogens with one attached hydrogen (secondary N) is 1. The largest absolute Gasteiger partial charge is 0.495 e. The molecule has 6 nitrogen and oxygen atoms in total. The molecule has 0 spiro atoms. The van der Waals surface area contributed by atoms with Crippen molar-refractivity contribution in [3.8, 4) is 5.75 Å². The molecule has 0 atom stereocenters. The molecule has 0 saturated heterocycles.